The van der Waals surface area contributed by atoms with Gasteiger partial charge in [0.1, 0.15) is 0 Å². The zero-order chi connectivity index (χ0) is 15.5. The molecule has 0 heterocycles. The van der Waals surface area contributed by atoms with Crippen LogP contribution >= 0.6 is 0 Å². The van der Waals surface area contributed by atoms with Crippen LogP contribution in [0.15, 0.2) is 0 Å². The maximum Gasteiger partial charge on any atom is 0.265 e. The Labute approximate surface area is 131 Å². The van der Waals surface area contributed by atoms with Gasteiger partial charge in [-0.25, -0.2) is 0 Å². The summed E-state index contributed by atoms with van der Waals surface area (Å²) in [6.07, 6.45) is 11.0. The van der Waals surface area contributed by atoms with Crippen LogP contribution in [0.5, 0.6) is 0 Å². The molecule has 0 aliphatic heterocycles. The standard InChI is InChI=1S/C15H33NO3S.H2O/c1-4-5-6-7-8-9-10-11-13-16(2,3)14-12-15-20(17,18)19;/h4-15H2,1-3H3;1H2. The van der Waals surface area contributed by atoms with Gasteiger partial charge in [0, 0.05) is 6.42 Å². The summed E-state index contributed by atoms with van der Waals surface area (Å²) in [7, 11) is 0.464. The monoisotopic (exact) mass is 325 g/mol. The molecule has 0 saturated carbocycles. The quantitative estimate of drug-likeness (QED) is 0.320. The molecule has 0 rings (SSSR count). The van der Waals surface area contributed by atoms with Gasteiger partial charge in [0.05, 0.1) is 32.9 Å². The molecule has 0 radical (unpaired) electrons. The number of hydrogen-bond donors (Lipinski definition) is 1. The van der Waals surface area contributed by atoms with Crippen LogP contribution in [0.4, 0.5) is 0 Å². The van der Waals surface area contributed by atoms with Crippen molar-refractivity contribution < 1.29 is 22.9 Å². The fourth-order valence-corrected chi connectivity index (χ4v) is 2.95. The second kappa shape index (κ2) is 12.4. The highest BCUT2D eigenvalue weighted by atomic mass is 32.2. The molecule has 5 nitrogen and oxygen atoms in total. The van der Waals surface area contributed by atoms with Gasteiger partial charge >= 0.3 is 0 Å². The molecule has 6 heteroatoms. The highest BCUT2D eigenvalue weighted by molar-refractivity contribution is 7.85. The van der Waals surface area contributed by atoms with Gasteiger partial charge in [-0.3, -0.25) is 4.55 Å². The summed E-state index contributed by atoms with van der Waals surface area (Å²) in [5.41, 5.74) is 0. The minimum atomic E-state index is -3.80. The Bertz CT molecular complexity index is 329. The first-order chi connectivity index (χ1) is 9.27. The van der Waals surface area contributed by atoms with Gasteiger partial charge in [0.25, 0.3) is 10.1 Å². The second-order valence-electron chi connectivity index (χ2n) is 6.50. The first-order valence-electron chi connectivity index (χ1n) is 8.04. The lowest BCUT2D eigenvalue weighted by molar-refractivity contribution is -0.890. The zero-order valence-electron chi connectivity index (χ0n) is 14.1. The van der Waals surface area contributed by atoms with E-state index >= 15 is 0 Å². The molecule has 0 amide bonds. The minimum Gasteiger partial charge on any atom is -0.870 e. The molecule has 0 aromatic carbocycles. The van der Waals surface area contributed by atoms with Crippen molar-refractivity contribution in [1.82, 2.24) is 0 Å². The molecule has 0 aliphatic carbocycles. The van der Waals surface area contributed by atoms with Crippen molar-refractivity contribution in [2.75, 3.05) is 32.9 Å². The average molecular weight is 326 g/mol. The topological polar surface area (TPSA) is 84.4 Å². The van der Waals surface area contributed by atoms with Crippen molar-refractivity contribution in [1.29, 1.82) is 0 Å². The predicted octanol–water partition coefficient (Wildman–Crippen LogP) is 3.30. The lowest BCUT2D eigenvalue weighted by Gasteiger charge is -2.29. The molecule has 0 fully saturated rings. The molecule has 0 aromatic heterocycles. The van der Waals surface area contributed by atoms with Crippen LogP contribution in [0.1, 0.15) is 64.7 Å². The van der Waals surface area contributed by atoms with E-state index in [4.69, 9.17) is 4.55 Å². The third-order valence-corrected chi connectivity index (χ3v) is 4.59. The van der Waals surface area contributed by atoms with Gasteiger partial charge in [-0.1, -0.05) is 45.4 Å². The highest BCUT2D eigenvalue weighted by Gasteiger charge is 2.15. The van der Waals surface area contributed by atoms with Crippen molar-refractivity contribution in [3.63, 3.8) is 0 Å². The smallest absolute Gasteiger partial charge is 0.265 e. The van der Waals surface area contributed by atoms with Crippen LogP contribution < -0.4 is 0 Å². The van der Waals surface area contributed by atoms with Crippen molar-refractivity contribution in [3.8, 4) is 0 Å². The molecule has 2 N–H and O–H groups in total. The number of rotatable bonds is 13. The van der Waals surface area contributed by atoms with E-state index < -0.39 is 10.1 Å². The molecular formula is C15H35NO4S. The fourth-order valence-electron chi connectivity index (χ4n) is 2.46. The van der Waals surface area contributed by atoms with E-state index in [-0.39, 0.29) is 11.2 Å². The van der Waals surface area contributed by atoms with Crippen LogP contribution in [-0.4, -0.2) is 55.9 Å². The van der Waals surface area contributed by atoms with Gasteiger partial charge < -0.3 is 9.96 Å². The summed E-state index contributed by atoms with van der Waals surface area (Å²) in [6, 6.07) is 0. The van der Waals surface area contributed by atoms with E-state index in [0.29, 0.717) is 6.42 Å². The van der Waals surface area contributed by atoms with E-state index in [2.05, 4.69) is 21.0 Å². The van der Waals surface area contributed by atoms with Gasteiger partial charge in [0.2, 0.25) is 0 Å². The van der Waals surface area contributed by atoms with Crippen molar-refractivity contribution >= 4 is 10.1 Å². The first-order valence-corrected chi connectivity index (χ1v) is 9.65. The normalized spacial score (nSPS) is 12.2. The molecule has 0 aliphatic rings. The molecule has 0 saturated heterocycles. The lowest BCUT2D eigenvalue weighted by Crippen LogP contribution is -2.41. The number of nitrogens with zero attached hydrogens (tertiary/aromatic N) is 1. The van der Waals surface area contributed by atoms with Crippen LogP contribution in [0.2, 0.25) is 0 Å². The maximum absolute atomic E-state index is 10.7. The van der Waals surface area contributed by atoms with Crippen molar-refractivity contribution in [2.24, 2.45) is 0 Å². The maximum atomic E-state index is 10.7. The van der Waals surface area contributed by atoms with E-state index in [1.807, 2.05) is 0 Å². The molecule has 0 unspecified atom stereocenters. The highest BCUT2D eigenvalue weighted by Crippen LogP contribution is 2.10. The average Bonchev–Trinajstić information content (AvgIpc) is 2.30. The molecule has 21 heavy (non-hydrogen) atoms. The third-order valence-electron chi connectivity index (χ3n) is 3.78. The Kier molecular flexibility index (Phi) is 13.6. The van der Waals surface area contributed by atoms with Crippen molar-refractivity contribution in [3.05, 3.63) is 0 Å². The van der Waals surface area contributed by atoms with Crippen LogP contribution in [0, 0.1) is 0 Å². The van der Waals surface area contributed by atoms with Gasteiger partial charge in [-0.05, 0) is 12.8 Å². The molecular weight excluding hydrogens is 290 g/mol. The molecule has 0 atom stereocenters. The largest absolute Gasteiger partial charge is 0.870 e. The van der Waals surface area contributed by atoms with Gasteiger partial charge in [-0.2, -0.15) is 8.42 Å². The Morgan fingerprint density at radius 1 is 0.810 bits per heavy atom. The molecule has 0 spiro atoms. The number of quaternary nitrogens is 1. The van der Waals surface area contributed by atoms with Gasteiger partial charge in [-0.15, -0.1) is 0 Å². The summed E-state index contributed by atoms with van der Waals surface area (Å²) in [5.74, 6) is -0.119. The molecule has 0 aromatic rings. The van der Waals surface area contributed by atoms with Crippen molar-refractivity contribution in [2.45, 2.75) is 64.7 Å². The fraction of sp³-hybridized carbons (Fsp3) is 1.00. The molecule has 130 valence electrons. The predicted molar refractivity (Wildman–Crippen MR) is 87.4 cm³/mol. The SMILES string of the molecule is CCCCCCCCCC[N+](C)(C)CCCS(=O)(=O)O.[OH-]. The summed E-state index contributed by atoms with van der Waals surface area (Å²) in [4.78, 5) is 0. The van der Waals surface area contributed by atoms with E-state index in [0.717, 1.165) is 17.6 Å². The van der Waals surface area contributed by atoms with Gasteiger partial charge in [0.15, 0.2) is 0 Å². The summed E-state index contributed by atoms with van der Waals surface area (Å²) in [6.45, 7) is 4.12. The summed E-state index contributed by atoms with van der Waals surface area (Å²) in [5, 5.41) is 0. The second-order valence-corrected chi connectivity index (χ2v) is 8.07. The summed E-state index contributed by atoms with van der Waals surface area (Å²) < 4.78 is 30.9. The zero-order valence-corrected chi connectivity index (χ0v) is 14.9. The number of unbranched alkanes of at least 4 members (excludes halogenated alkanes) is 7. The summed E-state index contributed by atoms with van der Waals surface area (Å²) >= 11 is 0. The van der Waals surface area contributed by atoms with Crippen LogP contribution in [-0.2, 0) is 10.1 Å². The Balaban J connectivity index is 0. The molecule has 0 bridgehead atoms. The van der Waals surface area contributed by atoms with E-state index in [1.54, 1.807) is 0 Å². The van der Waals surface area contributed by atoms with Crippen LogP contribution in [0.25, 0.3) is 0 Å². The van der Waals surface area contributed by atoms with E-state index in [9.17, 15) is 8.42 Å². The Morgan fingerprint density at radius 2 is 1.24 bits per heavy atom. The number of hydrogen-bond acceptors (Lipinski definition) is 3. The Morgan fingerprint density at radius 3 is 1.71 bits per heavy atom. The Hall–Kier alpha value is -0.170. The first kappa shape index (κ1) is 23.1. The van der Waals surface area contributed by atoms with E-state index in [1.165, 1.54) is 51.4 Å². The third kappa shape index (κ3) is 17.8. The minimum absolute atomic E-state index is 0. The lowest BCUT2D eigenvalue weighted by atomic mass is 10.1. The van der Waals surface area contributed by atoms with Crippen LogP contribution in [0.3, 0.4) is 0 Å².